The number of carbonyl (C=O) groups is 6. The number of nitrogens with zero attached hydrogens (tertiary/aromatic N) is 1. The Balaban J connectivity index is 1.26. The first-order valence-corrected chi connectivity index (χ1v) is 12.7. The molecule has 0 aliphatic carbocycles. The van der Waals surface area contributed by atoms with E-state index in [4.69, 9.17) is 15.2 Å². The van der Waals surface area contributed by atoms with Gasteiger partial charge in [-0.15, -0.1) is 0 Å². The largest absolute Gasteiger partial charge is 0.444 e. The lowest BCUT2D eigenvalue weighted by molar-refractivity contribution is -0.154. The van der Waals surface area contributed by atoms with Gasteiger partial charge in [0.25, 0.3) is 5.91 Å². The van der Waals surface area contributed by atoms with E-state index in [0.717, 1.165) is 4.90 Å². The molecule has 6 atom stereocenters. The molecule has 4 heterocycles. The lowest BCUT2D eigenvalue weighted by atomic mass is 9.78. The highest BCUT2D eigenvalue weighted by molar-refractivity contribution is 6.08. The zero-order chi connectivity index (χ0) is 28.4. The third kappa shape index (κ3) is 4.33. The predicted molar refractivity (Wildman–Crippen MR) is 130 cm³/mol. The van der Waals surface area contributed by atoms with Gasteiger partial charge in [0.15, 0.2) is 0 Å². The number of hydrogen-bond donors (Lipinski definition) is 5. The van der Waals surface area contributed by atoms with E-state index >= 15 is 0 Å². The molecule has 0 aromatic rings. The summed E-state index contributed by atoms with van der Waals surface area (Å²) in [5, 5.41) is 10.4. The molecule has 14 nitrogen and oxygen atoms in total. The Morgan fingerprint density at radius 2 is 1.55 bits per heavy atom. The molecule has 6 amide bonds. The van der Waals surface area contributed by atoms with Crippen molar-refractivity contribution in [2.45, 2.75) is 88.7 Å². The smallest absolute Gasteiger partial charge is 0.417 e. The van der Waals surface area contributed by atoms with Gasteiger partial charge < -0.3 is 36.5 Å². The molecular formula is C24H36N6O8. The number of amides is 6. The van der Waals surface area contributed by atoms with Crippen LogP contribution in [0.3, 0.4) is 0 Å². The van der Waals surface area contributed by atoms with Crippen LogP contribution in [0, 0.1) is 11.8 Å². The first-order chi connectivity index (χ1) is 17.4. The van der Waals surface area contributed by atoms with Crippen molar-refractivity contribution in [3.63, 3.8) is 0 Å². The maximum absolute atomic E-state index is 12.8. The number of β-lactam (4-membered cyclic amide) rings is 2. The molecule has 0 saturated carbocycles. The average Bonchev–Trinajstić information content (AvgIpc) is 3.21. The van der Waals surface area contributed by atoms with Crippen LogP contribution in [0.1, 0.15) is 54.4 Å². The normalized spacial score (nSPS) is 34.3. The third-order valence-corrected chi connectivity index (χ3v) is 8.39. The number of alkyl carbamates (subject to hydrolysis) is 1. The zero-order valence-electron chi connectivity index (χ0n) is 22.4. The Morgan fingerprint density at radius 3 is 2.00 bits per heavy atom. The first kappa shape index (κ1) is 27.6. The number of nitrogens with two attached hydrogens (primary N) is 1. The van der Waals surface area contributed by atoms with Crippen LogP contribution < -0.4 is 27.0 Å². The first-order valence-electron chi connectivity index (χ1n) is 12.7. The maximum atomic E-state index is 12.8. The minimum Gasteiger partial charge on any atom is -0.444 e. The molecular weight excluding hydrogens is 500 g/mol. The van der Waals surface area contributed by atoms with Gasteiger partial charge >= 0.3 is 12.2 Å². The van der Waals surface area contributed by atoms with Gasteiger partial charge in [-0.3, -0.25) is 19.2 Å². The van der Waals surface area contributed by atoms with Crippen LogP contribution in [-0.2, 0) is 28.7 Å². The molecule has 2 spiro atoms. The van der Waals surface area contributed by atoms with Crippen molar-refractivity contribution in [2.24, 2.45) is 17.6 Å². The Hall–Kier alpha value is -3.42. The lowest BCUT2D eigenvalue weighted by Gasteiger charge is -2.47. The second-order valence-corrected chi connectivity index (χ2v) is 12.0. The molecule has 2 unspecified atom stereocenters. The number of imide groups is 1. The van der Waals surface area contributed by atoms with Gasteiger partial charge in [-0.25, -0.2) is 14.5 Å². The summed E-state index contributed by atoms with van der Waals surface area (Å²) in [5.74, 6) is -2.64. The van der Waals surface area contributed by atoms with E-state index in [1.807, 2.05) is 0 Å². The van der Waals surface area contributed by atoms with Crippen molar-refractivity contribution in [2.75, 3.05) is 13.1 Å². The average molecular weight is 537 g/mol. The molecule has 4 fully saturated rings. The highest BCUT2D eigenvalue weighted by Gasteiger charge is 2.65. The summed E-state index contributed by atoms with van der Waals surface area (Å²) >= 11 is 0. The highest BCUT2D eigenvalue weighted by atomic mass is 16.6. The van der Waals surface area contributed by atoms with Crippen molar-refractivity contribution in [1.82, 2.24) is 26.2 Å². The fraction of sp³-hybridized carbons (Fsp3) is 0.750. The molecule has 14 heteroatoms. The van der Waals surface area contributed by atoms with E-state index in [0.29, 0.717) is 13.0 Å². The summed E-state index contributed by atoms with van der Waals surface area (Å²) < 4.78 is 11.1. The molecule has 0 radical (unpaired) electrons. The van der Waals surface area contributed by atoms with Crippen LogP contribution >= 0.6 is 0 Å². The van der Waals surface area contributed by atoms with Crippen LogP contribution in [0.2, 0.25) is 0 Å². The Kier molecular flexibility index (Phi) is 6.41. The molecule has 4 rings (SSSR count). The molecule has 4 saturated heterocycles. The standard InChI is InChI=1S/C24H36N6O8/c1-11-13(25)15(31)28-24(11)10-30(18(24)34)20(36)38-22(5,6)8-7-21(3,4)37-19(35)27-14-12(2)23(29-16(14)32)9-26-17(23)33/h11-14H,7-10,25H2,1-6H3,(H,26,33)(H,27,35)(H,28,31)(H,29,32)/t11-,12-,13+,14+,23?,24?/m1/s1. The molecule has 38 heavy (non-hydrogen) atoms. The fourth-order valence-corrected chi connectivity index (χ4v) is 5.40. The van der Waals surface area contributed by atoms with Gasteiger partial charge in [0.2, 0.25) is 17.7 Å². The summed E-state index contributed by atoms with van der Waals surface area (Å²) in [6.07, 6.45) is -1.07. The number of nitrogens with one attached hydrogen (secondary N) is 4. The van der Waals surface area contributed by atoms with Crippen LogP contribution in [0.4, 0.5) is 9.59 Å². The van der Waals surface area contributed by atoms with Gasteiger partial charge in [0, 0.05) is 11.8 Å². The Morgan fingerprint density at radius 1 is 0.974 bits per heavy atom. The zero-order valence-corrected chi connectivity index (χ0v) is 22.4. The highest BCUT2D eigenvalue weighted by Crippen LogP contribution is 2.38. The van der Waals surface area contributed by atoms with Gasteiger partial charge in [-0.2, -0.15) is 0 Å². The Labute approximate surface area is 220 Å². The molecule has 4 aliphatic rings. The van der Waals surface area contributed by atoms with E-state index in [2.05, 4.69) is 21.3 Å². The second kappa shape index (κ2) is 8.82. The maximum Gasteiger partial charge on any atom is 0.417 e. The molecule has 0 aromatic carbocycles. The minimum atomic E-state index is -1.18. The molecule has 4 aliphatic heterocycles. The van der Waals surface area contributed by atoms with Crippen molar-refractivity contribution in [3.8, 4) is 0 Å². The SMILES string of the molecule is C[C@@H]1[C@H](N)C(=O)NC12CN(C(=O)OC(C)(C)CCC(C)(C)OC(=O)N[C@@H]1C(=O)NC3(CNC3=O)[C@@H]1C)C2=O. The second-order valence-electron chi connectivity index (χ2n) is 12.0. The molecule has 0 aromatic heterocycles. The monoisotopic (exact) mass is 536 g/mol. The van der Waals surface area contributed by atoms with Crippen molar-refractivity contribution in [3.05, 3.63) is 0 Å². The summed E-state index contributed by atoms with van der Waals surface area (Å²) in [6.45, 7) is 10.4. The van der Waals surface area contributed by atoms with Crippen LogP contribution in [0.25, 0.3) is 0 Å². The van der Waals surface area contributed by atoms with E-state index in [-0.39, 0.29) is 18.9 Å². The number of likely N-dealkylation sites (tertiary alicyclic amines) is 1. The van der Waals surface area contributed by atoms with E-state index < -0.39 is 76.1 Å². The topological polar surface area (TPSA) is 198 Å². The van der Waals surface area contributed by atoms with E-state index in [1.165, 1.54) is 0 Å². The van der Waals surface area contributed by atoms with Crippen molar-refractivity contribution >= 4 is 35.8 Å². The fourth-order valence-electron chi connectivity index (χ4n) is 5.40. The van der Waals surface area contributed by atoms with Crippen molar-refractivity contribution < 1.29 is 38.2 Å². The minimum absolute atomic E-state index is 0.0216. The van der Waals surface area contributed by atoms with Crippen LogP contribution in [-0.4, -0.2) is 88.2 Å². The number of carbonyl (C=O) groups excluding carboxylic acids is 6. The number of ether oxygens (including phenoxy) is 2. The van der Waals surface area contributed by atoms with E-state index in [9.17, 15) is 28.8 Å². The van der Waals surface area contributed by atoms with Gasteiger partial charge in [-0.05, 0) is 40.5 Å². The predicted octanol–water partition coefficient (Wildman–Crippen LogP) is -1.14. The molecule has 210 valence electrons. The molecule has 0 bridgehead atoms. The van der Waals surface area contributed by atoms with Crippen LogP contribution in [0.15, 0.2) is 0 Å². The van der Waals surface area contributed by atoms with E-state index in [1.54, 1.807) is 41.5 Å². The summed E-state index contributed by atoms with van der Waals surface area (Å²) in [4.78, 5) is 75.2. The quantitative estimate of drug-likeness (QED) is 0.261. The molecule has 6 N–H and O–H groups in total. The number of rotatable bonds is 6. The van der Waals surface area contributed by atoms with Crippen molar-refractivity contribution in [1.29, 1.82) is 0 Å². The van der Waals surface area contributed by atoms with Gasteiger partial charge in [0.05, 0.1) is 19.1 Å². The third-order valence-electron chi connectivity index (χ3n) is 8.39. The number of hydrogen-bond acceptors (Lipinski definition) is 9. The van der Waals surface area contributed by atoms with Gasteiger partial charge in [0.1, 0.15) is 28.3 Å². The summed E-state index contributed by atoms with van der Waals surface area (Å²) in [5.41, 5.74) is 1.62. The summed E-state index contributed by atoms with van der Waals surface area (Å²) in [7, 11) is 0. The Bertz CT molecular complexity index is 1110. The van der Waals surface area contributed by atoms with Gasteiger partial charge in [-0.1, -0.05) is 13.8 Å². The lowest BCUT2D eigenvalue weighted by Crippen LogP contribution is -2.75. The van der Waals surface area contributed by atoms with Crippen LogP contribution in [0.5, 0.6) is 0 Å². The summed E-state index contributed by atoms with van der Waals surface area (Å²) in [6, 6.07) is -1.74.